The van der Waals surface area contributed by atoms with Gasteiger partial charge in [-0.25, -0.2) is 0 Å². The summed E-state index contributed by atoms with van der Waals surface area (Å²) in [6.45, 7) is 0.351. The Hall–Kier alpha value is -2.24. The Kier molecular flexibility index (Phi) is 4.12. The SMILES string of the molecule is COc1ccc(CN2C(=O)CC2CC(=O)O)c(OC)c1. The molecule has 1 fully saturated rings. The molecule has 1 heterocycles. The highest BCUT2D eigenvalue weighted by Crippen LogP contribution is 2.30. The van der Waals surface area contributed by atoms with Crippen molar-refractivity contribution in [3.05, 3.63) is 23.8 Å². The number of carboxylic acids is 1. The minimum Gasteiger partial charge on any atom is -0.497 e. The highest BCUT2D eigenvalue weighted by Gasteiger charge is 2.37. The van der Waals surface area contributed by atoms with Crippen molar-refractivity contribution in [1.29, 1.82) is 0 Å². The van der Waals surface area contributed by atoms with E-state index in [2.05, 4.69) is 0 Å². The number of ether oxygens (including phenoxy) is 2. The Balaban J connectivity index is 2.12. The molecule has 1 aromatic rings. The number of nitrogens with zero attached hydrogens (tertiary/aromatic N) is 1. The van der Waals surface area contributed by atoms with Crippen LogP contribution in [0.5, 0.6) is 11.5 Å². The average Bonchev–Trinajstić information content (AvgIpc) is 2.43. The molecule has 1 atom stereocenters. The van der Waals surface area contributed by atoms with Gasteiger partial charge in [0.05, 0.1) is 26.7 Å². The van der Waals surface area contributed by atoms with Gasteiger partial charge in [-0.1, -0.05) is 0 Å². The smallest absolute Gasteiger partial charge is 0.305 e. The molecule has 0 aromatic heterocycles. The number of hydrogen-bond acceptors (Lipinski definition) is 4. The van der Waals surface area contributed by atoms with Crippen LogP contribution in [-0.4, -0.2) is 42.1 Å². The molecule has 0 saturated carbocycles. The predicted octanol–water partition coefficient (Wildman–Crippen LogP) is 1.28. The first-order valence-electron chi connectivity index (χ1n) is 6.27. The van der Waals surface area contributed by atoms with Gasteiger partial charge < -0.3 is 19.5 Å². The van der Waals surface area contributed by atoms with Crippen LogP contribution < -0.4 is 9.47 Å². The number of aliphatic carboxylic acids is 1. The molecule has 108 valence electrons. The largest absolute Gasteiger partial charge is 0.497 e. The Labute approximate surface area is 116 Å². The fourth-order valence-electron chi connectivity index (χ4n) is 2.29. The van der Waals surface area contributed by atoms with Crippen molar-refractivity contribution >= 4 is 11.9 Å². The van der Waals surface area contributed by atoms with Crippen molar-refractivity contribution in [2.24, 2.45) is 0 Å². The standard InChI is InChI=1S/C14H17NO5/c1-19-11-4-3-9(12(7-11)20-2)8-15-10(5-13(15)16)6-14(17)18/h3-4,7,10H,5-6,8H2,1-2H3,(H,17,18). The van der Waals surface area contributed by atoms with E-state index in [0.29, 0.717) is 24.5 Å². The van der Waals surface area contributed by atoms with E-state index >= 15 is 0 Å². The third-order valence-electron chi connectivity index (χ3n) is 3.42. The normalized spacial score (nSPS) is 17.6. The lowest BCUT2D eigenvalue weighted by Gasteiger charge is -2.40. The molecule has 2 rings (SSSR count). The number of amides is 1. The van der Waals surface area contributed by atoms with Gasteiger partial charge in [-0.3, -0.25) is 9.59 Å². The first-order valence-corrected chi connectivity index (χ1v) is 6.27. The first kappa shape index (κ1) is 14.2. The number of rotatable bonds is 6. The van der Waals surface area contributed by atoms with E-state index < -0.39 is 5.97 Å². The fourth-order valence-corrected chi connectivity index (χ4v) is 2.29. The summed E-state index contributed by atoms with van der Waals surface area (Å²) in [5, 5.41) is 8.81. The Morgan fingerprint density at radius 1 is 1.40 bits per heavy atom. The monoisotopic (exact) mass is 279 g/mol. The number of carbonyl (C=O) groups is 2. The van der Waals surface area contributed by atoms with Crippen LogP contribution in [0.4, 0.5) is 0 Å². The van der Waals surface area contributed by atoms with Gasteiger partial charge in [-0.2, -0.15) is 0 Å². The minimum atomic E-state index is -0.894. The van der Waals surface area contributed by atoms with Crippen molar-refractivity contribution in [3.8, 4) is 11.5 Å². The highest BCUT2D eigenvalue weighted by atomic mass is 16.5. The molecule has 1 aliphatic heterocycles. The number of methoxy groups -OCH3 is 2. The summed E-state index contributed by atoms with van der Waals surface area (Å²) in [6.07, 6.45) is 0.273. The number of carbonyl (C=O) groups excluding carboxylic acids is 1. The maximum absolute atomic E-state index is 11.6. The second-order valence-electron chi connectivity index (χ2n) is 4.66. The van der Waals surface area contributed by atoms with E-state index in [1.54, 1.807) is 31.3 Å². The van der Waals surface area contributed by atoms with Crippen LogP contribution in [-0.2, 0) is 16.1 Å². The molecule has 0 radical (unpaired) electrons. The summed E-state index contributed by atoms with van der Waals surface area (Å²) in [6, 6.07) is 5.12. The van der Waals surface area contributed by atoms with Gasteiger partial charge in [-0.15, -0.1) is 0 Å². The number of β-lactam (4-membered cyclic amide) rings is 1. The summed E-state index contributed by atoms with van der Waals surface area (Å²) >= 11 is 0. The number of hydrogen-bond donors (Lipinski definition) is 1. The molecule has 0 aliphatic carbocycles. The van der Waals surface area contributed by atoms with E-state index in [0.717, 1.165) is 5.56 Å². The van der Waals surface area contributed by atoms with Gasteiger partial charge >= 0.3 is 5.97 Å². The molecule has 1 N–H and O–H groups in total. The van der Waals surface area contributed by atoms with Gasteiger partial charge in [0.25, 0.3) is 0 Å². The molecule has 1 amide bonds. The quantitative estimate of drug-likeness (QED) is 0.794. The summed E-state index contributed by atoms with van der Waals surface area (Å²) in [7, 11) is 3.11. The molecule has 0 spiro atoms. The summed E-state index contributed by atoms with van der Waals surface area (Å²) in [5.41, 5.74) is 0.830. The topological polar surface area (TPSA) is 76.1 Å². The third-order valence-corrected chi connectivity index (χ3v) is 3.42. The van der Waals surface area contributed by atoms with E-state index in [4.69, 9.17) is 14.6 Å². The van der Waals surface area contributed by atoms with Crippen molar-refractivity contribution < 1.29 is 24.2 Å². The molecule has 6 nitrogen and oxygen atoms in total. The molecule has 1 unspecified atom stereocenters. The lowest BCUT2D eigenvalue weighted by molar-refractivity contribution is -0.151. The molecule has 6 heteroatoms. The van der Waals surface area contributed by atoms with Crippen molar-refractivity contribution in [3.63, 3.8) is 0 Å². The molecule has 1 aromatic carbocycles. The maximum Gasteiger partial charge on any atom is 0.305 e. The van der Waals surface area contributed by atoms with Crippen LogP contribution >= 0.6 is 0 Å². The van der Waals surface area contributed by atoms with Crippen LogP contribution in [0.1, 0.15) is 18.4 Å². The van der Waals surface area contributed by atoms with Gasteiger partial charge in [-0.05, 0) is 12.1 Å². The Bertz CT molecular complexity index is 528. The fraction of sp³-hybridized carbons (Fsp3) is 0.429. The van der Waals surface area contributed by atoms with Crippen LogP contribution in [0.3, 0.4) is 0 Å². The molecule has 1 aliphatic rings. The number of likely N-dealkylation sites (tertiary alicyclic amines) is 1. The second-order valence-corrected chi connectivity index (χ2v) is 4.66. The van der Waals surface area contributed by atoms with Crippen LogP contribution in [0.25, 0.3) is 0 Å². The molecular weight excluding hydrogens is 262 g/mol. The minimum absolute atomic E-state index is 0.0236. The zero-order chi connectivity index (χ0) is 14.7. The van der Waals surface area contributed by atoms with E-state index in [1.165, 1.54) is 0 Å². The third kappa shape index (κ3) is 2.84. The molecular formula is C14H17NO5. The Morgan fingerprint density at radius 3 is 2.70 bits per heavy atom. The number of carboxylic acid groups (broad SMARTS) is 1. The molecule has 1 saturated heterocycles. The van der Waals surface area contributed by atoms with E-state index in [-0.39, 0.29) is 18.4 Å². The lowest BCUT2D eigenvalue weighted by atomic mass is 9.97. The van der Waals surface area contributed by atoms with Crippen molar-refractivity contribution in [1.82, 2.24) is 4.90 Å². The van der Waals surface area contributed by atoms with Gasteiger partial charge in [0, 0.05) is 24.6 Å². The van der Waals surface area contributed by atoms with Gasteiger partial charge in [0.1, 0.15) is 11.5 Å². The summed E-state index contributed by atoms with van der Waals surface area (Å²) < 4.78 is 10.4. The summed E-state index contributed by atoms with van der Waals surface area (Å²) in [4.78, 5) is 23.9. The van der Waals surface area contributed by atoms with Crippen molar-refractivity contribution in [2.75, 3.05) is 14.2 Å². The molecule has 20 heavy (non-hydrogen) atoms. The van der Waals surface area contributed by atoms with Crippen molar-refractivity contribution in [2.45, 2.75) is 25.4 Å². The zero-order valence-electron chi connectivity index (χ0n) is 11.5. The molecule has 0 bridgehead atoms. The summed E-state index contributed by atoms with van der Waals surface area (Å²) in [5.74, 6) is 0.365. The van der Waals surface area contributed by atoms with Crippen LogP contribution in [0.2, 0.25) is 0 Å². The van der Waals surface area contributed by atoms with Gasteiger partial charge in [0.2, 0.25) is 5.91 Å². The van der Waals surface area contributed by atoms with E-state index in [1.807, 2.05) is 6.07 Å². The van der Waals surface area contributed by atoms with Gasteiger partial charge in [0.15, 0.2) is 0 Å². The first-order chi connectivity index (χ1) is 9.55. The zero-order valence-corrected chi connectivity index (χ0v) is 11.5. The second kappa shape index (κ2) is 5.81. The number of benzene rings is 1. The predicted molar refractivity (Wildman–Crippen MR) is 70.8 cm³/mol. The lowest BCUT2D eigenvalue weighted by Crippen LogP contribution is -2.52. The Morgan fingerprint density at radius 2 is 2.15 bits per heavy atom. The van der Waals surface area contributed by atoms with Crippen LogP contribution in [0.15, 0.2) is 18.2 Å². The van der Waals surface area contributed by atoms with E-state index in [9.17, 15) is 9.59 Å². The van der Waals surface area contributed by atoms with Crippen LogP contribution in [0, 0.1) is 0 Å². The average molecular weight is 279 g/mol. The highest BCUT2D eigenvalue weighted by molar-refractivity contribution is 5.85. The maximum atomic E-state index is 11.6.